The molecule has 5 nitrogen and oxygen atoms in total. The average molecular weight is 312 g/mol. The molecule has 7 heteroatoms. The minimum Gasteiger partial charge on any atom is -0.370 e. The number of benzene rings is 1. The molecule has 0 saturated heterocycles. The molecular formula is C13H15Cl2N5. The first-order valence-electron chi connectivity index (χ1n) is 6.19. The minimum absolute atomic E-state index is 0.187. The van der Waals surface area contributed by atoms with E-state index in [-0.39, 0.29) is 5.95 Å². The van der Waals surface area contributed by atoms with Crippen LogP contribution in [0.1, 0.15) is 13.3 Å². The number of anilines is 4. The lowest BCUT2D eigenvalue weighted by Crippen LogP contribution is -2.06. The van der Waals surface area contributed by atoms with Crippen LogP contribution in [0.25, 0.3) is 0 Å². The Morgan fingerprint density at radius 2 is 1.90 bits per heavy atom. The van der Waals surface area contributed by atoms with Crippen LogP contribution in [0.5, 0.6) is 0 Å². The van der Waals surface area contributed by atoms with Crippen molar-refractivity contribution in [2.75, 3.05) is 22.9 Å². The Bertz CT molecular complexity index is 603. The van der Waals surface area contributed by atoms with Gasteiger partial charge in [-0.2, -0.15) is 9.97 Å². The third kappa shape index (κ3) is 3.88. The van der Waals surface area contributed by atoms with Gasteiger partial charge in [-0.25, -0.2) is 0 Å². The van der Waals surface area contributed by atoms with Gasteiger partial charge in [-0.1, -0.05) is 30.1 Å². The number of rotatable bonds is 5. The van der Waals surface area contributed by atoms with Gasteiger partial charge in [0.25, 0.3) is 0 Å². The van der Waals surface area contributed by atoms with Crippen molar-refractivity contribution < 1.29 is 0 Å². The van der Waals surface area contributed by atoms with Gasteiger partial charge < -0.3 is 16.4 Å². The summed E-state index contributed by atoms with van der Waals surface area (Å²) in [7, 11) is 0. The highest BCUT2D eigenvalue weighted by Crippen LogP contribution is 2.28. The van der Waals surface area contributed by atoms with Gasteiger partial charge in [-0.15, -0.1) is 0 Å². The van der Waals surface area contributed by atoms with E-state index in [1.54, 1.807) is 24.3 Å². The molecule has 0 radical (unpaired) electrons. The van der Waals surface area contributed by atoms with E-state index in [1.807, 2.05) is 0 Å². The molecule has 0 aliphatic carbocycles. The number of nitrogens with two attached hydrogens (primary N) is 1. The van der Waals surface area contributed by atoms with Gasteiger partial charge in [0.2, 0.25) is 5.95 Å². The van der Waals surface area contributed by atoms with E-state index >= 15 is 0 Å². The second-order valence-electron chi connectivity index (χ2n) is 4.17. The van der Waals surface area contributed by atoms with Crippen molar-refractivity contribution in [3.63, 3.8) is 0 Å². The van der Waals surface area contributed by atoms with Crippen LogP contribution >= 0.6 is 23.2 Å². The van der Waals surface area contributed by atoms with Crippen molar-refractivity contribution in [2.24, 2.45) is 0 Å². The predicted octanol–water partition coefficient (Wildman–Crippen LogP) is 3.93. The summed E-state index contributed by atoms with van der Waals surface area (Å²) in [6.07, 6.45) is 0.993. The van der Waals surface area contributed by atoms with Crippen LogP contribution in [0.15, 0.2) is 24.3 Å². The molecule has 0 bridgehead atoms. The Labute approximate surface area is 127 Å². The van der Waals surface area contributed by atoms with Gasteiger partial charge >= 0.3 is 0 Å². The molecule has 0 aliphatic rings. The van der Waals surface area contributed by atoms with Crippen LogP contribution in [0.2, 0.25) is 10.0 Å². The summed E-state index contributed by atoms with van der Waals surface area (Å²) in [4.78, 5) is 8.23. The number of nitrogens with zero attached hydrogens (tertiary/aromatic N) is 2. The van der Waals surface area contributed by atoms with Crippen molar-refractivity contribution in [3.05, 3.63) is 34.3 Å². The average Bonchev–Trinajstić information content (AvgIpc) is 2.40. The minimum atomic E-state index is 0.187. The van der Waals surface area contributed by atoms with E-state index in [2.05, 4.69) is 27.5 Å². The smallest absolute Gasteiger partial charge is 0.223 e. The highest BCUT2D eigenvalue weighted by atomic mass is 35.5. The zero-order chi connectivity index (χ0) is 14.5. The number of nitrogens with one attached hydrogen (secondary N) is 2. The quantitative estimate of drug-likeness (QED) is 0.780. The molecule has 0 saturated carbocycles. The fourth-order valence-corrected chi connectivity index (χ4v) is 1.94. The van der Waals surface area contributed by atoms with E-state index < -0.39 is 0 Å². The van der Waals surface area contributed by atoms with Gasteiger partial charge in [-0.05, 0) is 24.6 Å². The number of halogens is 2. The molecule has 2 rings (SSSR count). The molecule has 0 aliphatic heterocycles. The van der Waals surface area contributed by atoms with Gasteiger partial charge in [0.1, 0.15) is 11.6 Å². The molecule has 0 amide bonds. The standard InChI is InChI=1S/C13H15Cl2N5/c1-2-5-17-11-7-12(20-13(16)19-11)18-10-6-8(14)3-4-9(10)15/h3-4,6-7H,2,5H2,1H3,(H4,16,17,18,19,20). The van der Waals surface area contributed by atoms with E-state index in [1.165, 1.54) is 0 Å². The first-order valence-corrected chi connectivity index (χ1v) is 6.94. The summed E-state index contributed by atoms with van der Waals surface area (Å²) < 4.78 is 0. The Morgan fingerprint density at radius 3 is 2.65 bits per heavy atom. The number of hydrogen-bond donors (Lipinski definition) is 3. The van der Waals surface area contributed by atoms with Crippen molar-refractivity contribution in [1.82, 2.24) is 9.97 Å². The van der Waals surface area contributed by atoms with Crippen LogP contribution in [0, 0.1) is 0 Å². The lowest BCUT2D eigenvalue weighted by molar-refractivity contribution is 0.967. The van der Waals surface area contributed by atoms with Crippen LogP contribution in [0.3, 0.4) is 0 Å². The first kappa shape index (κ1) is 14.7. The second-order valence-corrected chi connectivity index (χ2v) is 5.02. The zero-order valence-electron chi connectivity index (χ0n) is 11.0. The Kier molecular flexibility index (Phi) is 4.87. The van der Waals surface area contributed by atoms with E-state index in [0.29, 0.717) is 27.4 Å². The molecule has 0 atom stereocenters. The van der Waals surface area contributed by atoms with Crippen molar-refractivity contribution in [1.29, 1.82) is 0 Å². The monoisotopic (exact) mass is 311 g/mol. The maximum atomic E-state index is 6.10. The molecule has 1 aromatic heterocycles. The molecule has 0 fully saturated rings. The van der Waals surface area contributed by atoms with Crippen LogP contribution in [0.4, 0.5) is 23.3 Å². The summed E-state index contributed by atoms with van der Waals surface area (Å²) in [5, 5.41) is 7.38. The van der Waals surface area contributed by atoms with Crippen molar-refractivity contribution in [2.45, 2.75) is 13.3 Å². The van der Waals surface area contributed by atoms with E-state index in [4.69, 9.17) is 28.9 Å². The maximum Gasteiger partial charge on any atom is 0.223 e. The Morgan fingerprint density at radius 1 is 1.15 bits per heavy atom. The summed E-state index contributed by atoms with van der Waals surface area (Å²) >= 11 is 12.0. The predicted molar refractivity (Wildman–Crippen MR) is 85.0 cm³/mol. The molecule has 0 unspecified atom stereocenters. The fourth-order valence-electron chi connectivity index (χ4n) is 1.60. The summed E-state index contributed by atoms with van der Waals surface area (Å²) in [6.45, 7) is 2.89. The third-order valence-electron chi connectivity index (χ3n) is 2.49. The second kappa shape index (κ2) is 6.63. The summed E-state index contributed by atoms with van der Waals surface area (Å²) in [5.41, 5.74) is 6.36. The molecule has 1 heterocycles. The Hall–Kier alpha value is -1.72. The Balaban J connectivity index is 2.24. The zero-order valence-corrected chi connectivity index (χ0v) is 12.5. The molecule has 20 heavy (non-hydrogen) atoms. The fraction of sp³-hybridized carbons (Fsp3) is 0.231. The molecule has 0 spiro atoms. The molecule has 2 aromatic rings. The first-order chi connectivity index (χ1) is 9.58. The van der Waals surface area contributed by atoms with Gasteiger partial charge in [0.05, 0.1) is 10.7 Å². The van der Waals surface area contributed by atoms with Gasteiger partial charge in [0.15, 0.2) is 0 Å². The lowest BCUT2D eigenvalue weighted by atomic mass is 10.3. The van der Waals surface area contributed by atoms with Crippen molar-refractivity contribution in [3.8, 4) is 0 Å². The molecule has 1 aromatic carbocycles. The van der Waals surface area contributed by atoms with Gasteiger partial charge in [0, 0.05) is 17.6 Å². The topological polar surface area (TPSA) is 75.9 Å². The highest BCUT2D eigenvalue weighted by molar-refractivity contribution is 6.35. The number of nitrogen functional groups attached to an aromatic ring is 1. The molecular weight excluding hydrogens is 297 g/mol. The summed E-state index contributed by atoms with van der Waals surface area (Å²) in [5.74, 6) is 1.41. The van der Waals surface area contributed by atoms with Crippen LogP contribution in [-0.2, 0) is 0 Å². The number of aromatic nitrogens is 2. The SMILES string of the molecule is CCCNc1cc(Nc2cc(Cl)ccc2Cl)nc(N)n1. The molecule has 106 valence electrons. The van der Waals surface area contributed by atoms with Crippen molar-refractivity contribution >= 4 is 46.5 Å². The van der Waals surface area contributed by atoms with Gasteiger partial charge in [-0.3, -0.25) is 0 Å². The lowest BCUT2D eigenvalue weighted by Gasteiger charge is -2.10. The van der Waals surface area contributed by atoms with E-state index in [9.17, 15) is 0 Å². The van der Waals surface area contributed by atoms with E-state index in [0.717, 1.165) is 13.0 Å². The maximum absolute atomic E-state index is 6.10. The molecule has 4 N–H and O–H groups in total. The summed E-state index contributed by atoms with van der Waals surface area (Å²) in [6, 6.07) is 6.93. The normalized spacial score (nSPS) is 10.3. The third-order valence-corrected chi connectivity index (χ3v) is 3.06. The highest BCUT2D eigenvalue weighted by Gasteiger charge is 2.06. The number of hydrogen-bond acceptors (Lipinski definition) is 5. The van der Waals surface area contributed by atoms with Crippen LogP contribution < -0.4 is 16.4 Å². The largest absolute Gasteiger partial charge is 0.370 e. The van der Waals surface area contributed by atoms with Crippen LogP contribution in [-0.4, -0.2) is 16.5 Å².